The number of anilines is 2. The molecule has 0 amide bonds. The highest BCUT2D eigenvalue weighted by Crippen LogP contribution is 2.41. The molecule has 0 saturated carbocycles. The Kier molecular flexibility index (Phi) is 2.52. The quantitative estimate of drug-likeness (QED) is 0.777. The molecule has 0 aromatic heterocycles. The molecule has 0 atom stereocenters. The Labute approximate surface area is 105 Å². The molecule has 1 N–H and O–H groups in total. The predicted octanol–water partition coefficient (Wildman–Crippen LogP) is 3.05. The molecule has 90 valence electrons. The first-order valence-corrected chi connectivity index (χ1v) is 5.84. The van der Waals surface area contributed by atoms with E-state index in [0.717, 1.165) is 22.5 Å². The van der Waals surface area contributed by atoms with E-state index in [1.54, 1.807) is 0 Å². The van der Waals surface area contributed by atoms with E-state index in [2.05, 4.69) is 5.32 Å². The van der Waals surface area contributed by atoms with Crippen molar-refractivity contribution < 1.29 is 9.53 Å². The van der Waals surface area contributed by atoms with E-state index in [9.17, 15) is 4.79 Å². The van der Waals surface area contributed by atoms with Crippen molar-refractivity contribution in [1.82, 2.24) is 0 Å². The number of ether oxygens (including phenoxy) is 1. The molecule has 1 heterocycles. The van der Waals surface area contributed by atoms with Crippen LogP contribution in [0.3, 0.4) is 0 Å². The summed E-state index contributed by atoms with van der Waals surface area (Å²) >= 11 is 0. The number of nitrogens with one attached hydrogen (secondary N) is 1. The number of fused-ring (bicyclic) bond motifs is 2. The van der Waals surface area contributed by atoms with Crippen molar-refractivity contribution in [3.8, 4) is 0 Å². The highest BCUT2D eigenvalue weighted by molar-refractivity contribution is 5.90. The fraction of sp³-hybridized carbons (Fsp3) is 0.133. The highest BCUT2D eigenvalue weighted by Gasteiger charge is 2.31. The van der Waals surface area contributed by atoms with Crippen LogP contribution in [0.15, 0.2) is 48.5 Å². The smallest absolute Gasteiger partial charge is 0.317 e. The Bertz CT molecular complexity index is 561. The molecule has 1 aliphatic heterocycles. The summed E-state index contributed by atoms with van der Waals surface area (Å²) in [5.74, 6) is -0.569. The average molecular weight is 239 g/mol. The van der Waals surface area contributed by atoms with Crippen LogP contribution in [0.4, 0.5) is 11.4 Å². The highest BCUT2D eigenvalue weighted by atomic mass is 16.5. The molecule has 0 unspecified atom stereocenters. The summed E-state index contributed by atoms with van der Waals surface area (Å²) in [7, 11) is 1.43. The zero-order chi connectivity index (χ0) is 12.5. The molecule has 18 heavy (non-hydrogen) atoms. The van der Waals surface area contributed by atoms with Gasteiger partial charge in [0.2, 0.25) is 0 Å². The number of rotatable bonds is 1. The number of carbonyl (C=O) groups is 1. The van der Waals surface area contributed by atoms with Gasteiger partial charge < -0.3 is 10.1 Å². The standard InChI is InChI=1S/C15H13NO2/c1-18-15(17)14-10-6-2-4-8-12(10)16-13-9-5-3-7-11(13)14/h2-9,14,16H,1H3. The van der Waals surface area contributed by atoms with Gasteiger partial charge in [0.25, 0.3) is 0 Å². The number of esters is 1. The molecule has 2 aromatic rings. The van der Waals surface area contributed by atoms with Crippen molar-refractivity contribution in [2.24, 2.45) is 0 Å². The number of hydrogen-bond acceptors (Lipinski definition) is 3. The van der Waals surface area contributed by atoms with Gasteiger partial charge in [0.1, 0.15) is 5.92 Å². The number of hydrogen-bond donors (Lipinski definition) is 1. The topological polar surface area (TPSA) is 38.3 Å². The van der Waals surface area contributed by atoms with Crippen molar-refractivity contribution in [1.29, 1.82) is 0 Å². The molecule has 3 nitrogen and oxygen atoms in total. The third kappa shape index (κ3) is 1.56. The van der Waals surface area contributed by atoms with E-state index in [4.69, 9.17) is 4.74 Å². The normalized spacial score (nSPS) is 13.2. The second-order valence-corrected chi connectivity index (χ2v) is 4.26. The molecule has 0 aliphatic carbocycles. The Morgan fingerprint density at radius 2 is 1.50 bits per heavy atom. The van der Waals surface area contributed by atoms with Crippen LogP contribution < -0.4 is 5.32 Å². The van der Waals surface area contributed by atoms with E-state index in [1.807, 2.05) is 48.5 Å². The zero-order valence-corrected chi connectivity index (χ0v) is 10.0. The minimum Gasteiger partial charge on any atom is -0.468 e. The van der Waals surface area contributed by atoms with Crippen LogP contribution in [-0.2, 0) is 9.53 Å². The molecule has 3 rings (SSSR count). The van der Waals surface area contributed by atoms with Crippen LogP contribution in [0.25, 0.3) is 0 Å². The number of carbonyl (C=O) groups excluding carboxylic acids is 1. The summed E-state index contributed by atoms with van der Waals surface area (Å²) in [6.07, 6.45) is 0. The number of methoxy groups -OCH3 is 1. The SMILES string of the molecule is COC(=O)C1c2ccccc2Nc2ccccc21. The Hall–Kier alpha value is -2.29. The molecule has 0 bridgehead atoms. The van der Waals surface area contributed by atoms with Gasteiger partial charge in [-0.2, -0.15) is 0 Å². The van der Waals surface area contributed by atoms with E-state index in [-0.39, 0.29) is 11.9 Å². The molecule has 3 heteroatoms. The second kappa shape index (κ2) is 4.18. The van der Waals surface area contributed by atoms with Gasteiger partial charge in [0.05, 0.1) is 7.11 Å². The monoisotopic (exact) mass is 239 g/mol. The Morgan fingerprint density at radius 1 is 1.00 bits per heavy atom. The maximum absolute atomic E-state index is 12.0. The maximum Gasteiger partial charge on any atom is 0.317 e. The van der Waals surface area contributed by atoms with Crippen molar-refractivity contribution in [2.45, 2.75) is 5.92 Å². The fourth-order valence-corrected chi connectivity index (χ4v) is 2.41. The van der Waals surface area contributed by atoms with Crippen LogP contribution in [-0.4, -0.2) is 13.1 Å². The van der Waals surface area contributed by atoms with Gasteiger partial charge in [0.15, 0.2) is 0 Å². The van der Waals surface area contributed by atoms with Crippen molar-refractivity contribution in [2.75, 3.05) is 12.4 Å². The molecular formula is C15H13NO2. The summed E-state index contributed by atoms with van der Waals surface area (Å²) < 4.78 is 4.94. The van der Waals surface area contributed by atoms with E-state index in [0.29, 0.717) is 0 Å². The molecule has 0 spiro atoms. The lowest BCUT2D eigenvalue weighted by Gasteiger charge is -2.27. The minimum atomic E-state index is -0.344. The van der Waals surface area contributed by atoms with E-state index >= 15 is 0 Å². The molecule has 1 aliphatic rings. The van der Waals surface area contributed by atoms with Crippen LogP contribution in [0.2, 0.25) is 0 Å². The first kappa shape index (κ1) is 10.8. The van der Waals surface area contributed by atoms with Gasteiger partial charge in [-0.05, 0) is 23.3 Å². The lowest BCUT2D eigenvalue weighted by atomic mass is 9.86. The third-order valence-electron chi connectivity index (χ3n) is 3.25. The van der Waals surface area contributed by atoms with Crippen molar-refractivity contribution in [3.63, 3.8) is 0 Å². The molecule has 0 fully saturated rings. The fourth-order valence-electron chi connectivity index (χ4n) is 2.41. The van der Waals surface area contributed by atoms with Crippen LogP contribution in [0.1, 0.15) is 17.0 Å². The largest absolute Gasteiger partial charge is 0.468 e. The summed E-state index contributed by atoms with van der Waals surface area (Å²) in [5.41, 5.74) is 3.85. The lowest BCUT2D eigenvalue weighted by Crippen LogP contribution is -2.21. The Morgan fingerprint density at radius 3 is 2.00 bits per heavy atom. The van der Waals surface area contributed by atoms with Crippen LogP contribution in [0, 0.1) is 0 Å². The first-order chi connectivity index (χ1) is 8.81. The first-order valence-electron chi connectivity index (χ1n) is 5.84. The van der Waals surface area contributed by atoms with Gasteiger partial charge in [-0.25, -0.2) is 0 Å². The summed E-state index contributed by atoms with van der Waals surface area (Å²) in [5, 5.41) is 3.34. The van der Waals surface area contributed by atoms with Gasteiger partial charge >= 0.3 is 5.97 Å². The van der Waals surface area contributed by atoms with E-state index in [1.165, 1.54) is 7.11 Å². The molecule has 0 saturated heterocycles. The number of benzene rings is 2. The maximum atomic E-state index is 12.0. The van der Waals surface area contributed by atoms with Gasteiger partial charge in [-0.15, -0.1) is 0 Å². The summed E-state index contributed by atoms with van der Waals surface area (Å²) in [6.45, 7) is 0. The molecule has 2 aromatic carbocycles. The second-order valence-electron chi connectivity index (χ2n) is 4.26. The van der Waals surface area contributed by atoms with E-state index < -0.39 is 0 Å². The predicted molar refractivity (Wildman–Crippen MR) is 70.0 cm³/mol. The Balaban J connectivity index is 2.20. The van der Waals surface area contributed by atoms with Gasteiger partial charge in [-0.1, -0.05) is 36.4 Å². The third-order valence-corrected chi connectivity index (χ3v) is 3.25. The zero-order valence-electron chi connectivity index (χ0n) is 10.0. The van der Waals surface area contributed by atoms with Gasteiger partial charge in [-0.3, -0.25) is 4.79 Å². The van der Waals surface area contributed by atoms with Crippen molar-refractivity contribution >= 4 is 17.3 Å². The summed E-state index contributed by atoms with van der Waals surface area (Å²) in [6, 6.07) is 15.6. The summed E-state index contributed by atoms with van der Waals surface area (Å²) in [4.78, 5) is 12.0. The average Bonchev–Trinajstić information content (AvgIpc) is 2.44. The minimum absolute atomic E-state index is 0.226. The lowest BCUT2D eigenvalue weighted by molar-refractivity contribution is -0.141. The van der Waals surface area contributed by atoms with Crippen LogP contribution in [0.5, 0.6) is 0 Å². The van der Waals surface area contributed by atoms with Crippen LogP contribution >= 0.6 is 0 Å². The van der Waals surface area contributed by atoms with Crippen molar-refractivity contribution in [3.05, 3.63) is 59.7 Å². The molecular weight excluding hydrogens is 226 g/mol. The number of para-hydroxylation sites is 2. The van der Waals surface area contributed by atoms with Gasteiger partial charge in [0, 0.05) is 11.4 Å². The molecule has 0 radical (unpaired) electrons.